The molecule has 3 nitrogen and oxygen atoms in total. The van der Waals surface area contributed by atoms with E-state index in [4.69, 9.17) is 4.74 Å². The standard InChI is InChI=1S/C13H25NO2/c1-3-6-12(15)10-14-8-5-7-13(11-14)16-9-4-2/h13H,3-11H2,1-2H3. The Bertz CT molecular complexity index is 206. The van der Waals surface area contributed by atoms with Gasteiger partial charge in [-0.05, 0) is 32.2 Å². The Morgan fingerprint density at radius 2 is 2.19 bits per heavy atom. The summed E-state index contributed by atoms with van der Waals surface area (Å²) in [4.78, 5) is 13.8. The van der Waals surface area contributed by atoms with Gasteiger partial charge >= 0.3 is 0 Å². The van der Waals surface area contributed by atoms with Crippen LogP contribution in [0.3, 0.4) is 0 Å². The van der Waals surface area contributed by atoms with Crippen LogP contribution in [0.4, 0.5) is 0 Å². The van der Waals surface area contributed by atoms with Gasteiger partial charge in [0.05, 0.1) is 12.6 Å². The Labute approximate surface area is 99.1 Å². The van der Waals surface area contributed by atoms with Crippen LogP contribution in [0.15, 0.2) is 0 Å². The second-order valence-corrected chi connectivity index (χ2v) is 4.66. The SMILES string of the molecule is CCCOC1CCCN(CC(=O)CCC)C1. The zero-order chi connectivity index (χ0) is 11.8. The van der Waals surface area contributed by atoms with Gasteiger partial charge < -0.3 is 4.74 Å². The summed E-state index contributed by atoms with van der Waals surface area (Å²) in [6.45, 7) is 7.66. The zero-order valence-corrected chi connectivity index (χ0v) is 10.7. The molecule has 94 valence electrons. The van der Waals surface area contributed by atoms with Gasteiger partial charge in [0.1, 0.15) is 5.78 Å². The molecule has 0 saturated carbocycles. The second-order valence-electron chi connectivity index (χ2n) is 4.66. The van der Waals surface area contributed by atoms with Crippen molar-refractivity contribution in [3.8, 4) is 0 Å². The molecule has 0 radical (unpaired) electrons. The third-order valence-corrected chi connectivity index (χ3v) is 2.95. The highest BCUT2D eigenvalue weighted by Gasteiger charge is 2.21. The topological polar surface area (TPSA) is 29.5 Å². The van der Waals surface area contributed by atoms with Gasteiger partial charge in [-0.15, -0.1) is 0 Å². The maximum atomic E-state index is 11.5. The largest absolute Gasteiger partial charge is 0.377 e. The number of hydrogen-bond acceptors (Lipinski definition) is 3. The van der Waals surface area contributed by atoms with Gasteiger partial charge in [-0.1, -0.05) is 13.8 Å². The summed E-state index contributed by atoms with van der Waals surface area (Å²) in [7, 11) is 0. The Morgan fingerprint density at radius 1 is 1.38 bits per heavy atom. The molecule has 3 heteroatoms. The monoisotopic (exact) mass is 227 g/mol. The fourth-order valence-corrected chi connectivity index (χ4v) is 2.18. The minimum absolute atomic E-state index is 0.350. The lowest BCUT2D eigenvalue weighted by Crippen LogP contribution is -2.42. The van der Waals surface area contributed by atoms with E-state index in [1.807, 2.05) is 0 Å². The Hall–Kier alpha value is -0.410. The van der Waals surface area contributed by atoms with Crippen molar-refractivity contribution >= 4 is 5.78 Å². The number of carbonyl (C=O) groups is 1. The number of ketones is 1. The van der Waals surface area contributed by atoms with Crippen molar-refractivity contribution in [1.82, 2.24) is 4.90 Å². The zero-order valence-electron chi connectivity index (χ0n) is 10.7. The van der Waals surface area contributed by atoms with Crippen molar-refractivity contribution in [2.75, 3.05) is 26.2 Å². The van der Waals surface area contributed by atoms with Gasteiger partial charge in [-0.25, -0.2) is 0 Å². The number of carbonyl (C=O) groups excluding carboxylic acids is 1. The molecule has 0 spiro atoms. The molecular weight excluding hydrogens is 202 g/mol. The lowest BCUT2D eigenvalue weighted by atomic mass is 10.1. The maximum Gasteiger partial charge on any atom is 0.146 e. The summed E-state index contributed by atoms with van der Waals surface area (Å²) in [5.41, 5.74) is 0. The summed E-state index contributed by atoms with van der Waals surface area (Å²) in [5, 5.41) is 0. The van der Waals surface area contributed by atoms with E-state index in [1.165, 1.54) is 0 Å². The van der Waals surface area contributed by atoms with Crippen LogP contribution in [0.5, 0.6) is 0 Å². The fourth-order valence-electron chi connectivity index (χ4n) is 2.18. The average Bonchev–Trinajstić information content (AvgIpc) is 2.27. The lowest BCUT2D eigenvalue weighted by Gasteiger charge is -2.32. The third kappa shape index (κ3) is 5.08. The summed E-state index contributed by atoms with van der Waals surface area (Å²) in [6.07, 6.45) is 5.42. The number of ether oxygens (including phenoxy) is 1. The molecule has 0 aromatic heterocycles. The van der Waals surface area contributed by atoms with E-state index >= 15 is 0 Å². The van der Waals surface area contributed by atoms with Crippen molar-refractivity contribution in [2.45, 2.75) is 52.1 Å². The molecule has 0 aromatic carbocycles. The molecule has 1 rings (SSSR count). The van der Waals surface area contributed by atoms with Crippen LogP contribution < -0.4 is 0 Å². The highest BCUT2D eigenvalue weighted by atomic mass is 16.5. The molecular formula is C13H25NO2. The van der Waals surface area contributed by atoms with E-state index in [0.717, 1.165) is 51.8 Å². The quantitative estimate of drug-likeness (QED) is 0.668. The predicted octanol–water partition coefficient (Wildman–Crippen LogP) is 2.25. The van der Waals surface area contributed by atoms with Crippen LogP contribution in [-0.2, 0) is 9.53 Å². The highest BCUT2D eigenvalue weighted by Crippen LogP contribution is 2.13. The molecule has 0 bridgehead atoms. The number of rotatable bonds is 7. The Kier molecular flexibility index (Phi) is 6.65. The molecule has 16 heavy (non-hydrogen) atoms. The summed E-state index contributed by atoms with van der Waals surface area (Å²) in [5.74, 6) is 0.374. The van der Waals surface area contributed by atoms with Crippen LogP contribution in [-0.4, -0.2) is 43.0 Å². The minimum atomic E-state index is 0.350. The number of piperidine rings is 1. The van der Waals surface area contributed by atoms with Gasteiger partial charge in [-0.2, -0.15) is 0 Å². The molecule has 0 amide bonds. The Morgan fingerprint density at radius 3 is 2.88 bits per heavy atom. The van der Waals surface area contributed by atoms with E-state index in [0.29, 0.717) is 18.4 Å². The first-order valence-corrected chi connectivity index (χ1v) is 6.62. The van der Waals surface area contributed by atoms with E-state index < -0.39 is 0 Å². The van der Waals surface area contributed by atoms with Gasteiger partial charge in [0.15, 0.2) is 0 Å². The predicted molar refractivity (Wildman–Crippen MR) is 65.6 cm³/mol. The molecule has 0 N–H and O–H groups in total. The van der Waals surface area contributed by atoms with E-state index in [1.54, 1.807) is 0 Å². The molecule has 1 saturated heterocycles. The van der Waals surface area contributed by atoms with Gasteiger partial charge in [0.25, 0.3) is 0 Å². The lowest BCUT2D eigenvalue weighted by molar-refractivity contribution is -0.121. The first-order chi connectivity index (χ1) is 7.76. The van der Waals surface area contributed by atoms with Crippen LogP contribution in [0.2, 0.25) is 0 Å². The maximum absolute atomic E-state index is 11.5. The molecule has 0 aromatic rings. The summed E-state index contributed by atoms with van der Waals surface area (Å²) >= 11 is 0. The molecule has 1 atom stereocenters. The molecule has 1 heterocycles. The van der Waals surface area contributed by atoms with Crippen molar-refractivity contribution in [3.63, 3.8) is 0 Å². The fraction of sp³-hybridized carbons (Fsp3) is 0.923. The molecule has 1 fully saturated rings. The van der Waals surface area contributed by atoms with Crippen molar-refractivity contribution < 1.29 is 9.53 Å². The van der Waals surface area contributed by atoms with E-state index in [9.17, 15) is 4.79 Å². The first kappa shape index (κ1) is 13.7. The van der Waals surface area contributed by atoms with E-state index in [-0.39, 0.29) is 0 Å². The van der Waals surface area contributed by atoms with Crippen LogP contribution >= 0.6 is 0 Å². The summed E-state index contributed by atoms with van der Waals surface area (Å²) < 4.78 is 5.75. The van der Waals surface area contributed by atoms with Gasteiger partial charge in [0, 0.05) is 19.6 Å². The van der Waals surface area contributed by atoms with Gasteiger partial charge in [-0.3, -0.25) is 9.69 Å². The molecule has 1 aliphatic heterocycles. The smallest absolute Gasteiger partial charge is 0.146 e. The van der Waals surface area contributed by atoms with Crippen LogP contribution in [0.1, 0.15) is 46.0 Å². The average molecular weight is 227 g/mol. The number of likely N-dealkylation sites (tertiary alicyclic amines) is 1. The van der Waals surface area contributed by atoms with Crippen molar-refractivity contribution in [1.29, 1.82) is 0 Å². The molecule has 1 unspecified atom stereocenters. The number of hydrogen-bond donors (Lipinski definition) is 0. The minimum Gasteiger partial charge on any atom is -0.377 e. The van der Waals surface area contributed by atoms with E-state index in [2.05, 4.69) is 18.7 Å². The molecule has 1 aliphatic rings. The first-order valence-electron chi connectivity index (χ1n) is 6.62. The van der Waals surface area contributed by atoms with Gasteiger partial charge in [0.2, 0.25) is 0 Å². The van der Waals surface area contributed by atoms with Crippen molar-refractivity contribution in [3.05, 3.63) is 0 Å². The highest BCUT2D eigenvalue weighted by molar-refractivity contribution is 5.80. The normalized spacial score (nSPS) is 22.2. The Balaban J connectivity index is 2.24. The molecule has 0 aliphatic carbocycles. The van der Waals surface area contributed by atoms with Crippen LogP contribution in [0.25, 0.3) is 0 Å². The van der Waals surface area contributed by atoms with Crippen molar-refractivity contribution in [2.24, 2.45) is 0 Å². The van der Waals surface area contributed by atoms with Crippen LogP contribution in [0, 0.1) is 0 Å². The summed E-state index contributed by atoms with van der Waals surface area (Å²) in [6, 6.07) is 0. The number of Topliss-reactive ketones (excluding diaryl/α,β-unsaturated/α-hetero) is 1. The third-order valence-electron chi connectivity index (χ3n) is 2.95. The second kappa shape index (κ2) is 7.80. The number of nitrogens with zero attached hydrogens (tertiary/aromatic N) is 1.